The molecule has 2 aromatic rings. The Balaban J connectivity index is 2.44. The fourth-order valence-corrected chi connectivity index (χ4v) is 1.87. The fraction of sp³-hybridized carbons (Fsp3) is 0.0714. The molecule has 0 atom stereocenters. The molecule has 16 heavy (non-hydrogen) atoms. The van der Waals surface area contributed by atoms with Gasteiger partial charge in [0.1, 0.15) is 0 Å². The van der Waals surface area contributed by atoms with Gasteiger partial charge in [-0.25, -0.2) is 0 Å². The van der Waals surface area contributed by atoms with E-state index in [9.17, 15) is 4.79 Å². The normalized spacial score (nSPS) is 10.1. The van der Waals surface area contributed by atoms with Crippen molar-refractivity contribution in [1.29, 1.82) is 0 Å². The van der Waals surface area contributed by atoms with Crippen molar-refractivity contribution in [2.24, 2.45) is 0 Å². The van der Waals surface area contributed by atoms with Crippen LogP contribution in [-0.4, -0.2) is 5.24 Å². The van der Waals surface area contributed by atoms with E-state index < -0.39 is 0 Å². The van der Waals surface area contributed by atoms with Crippen LogP contribution in [0.3, 0.4) is 0 Å². The van der Waals surface area contributed by atoms with Crippen LogP contribution in [0.4, 0.5) is 0 Å². The average Bonchev–Trinajstić information content (AvgIpc) is 2.30. The zero-order valence-corrected chi connectivity index (χ0v) is 9.45. The lowest BCUT2D eigenvalue weighted by molar-refractivity contribution is -0.111. The van der Waals surface area contributed by atoms with Crippen LogP contribution in [0, 0.1) is 0 Å². The maximum Gasteiger partial charge on any atom is 0.226 e. The Hall–Kier alpha value is -1.60. The molecule has 0 bridgehead atoms. The molecule has 0 heterocycles. The molecule has 0 spiro atoms. The number of carbonyl (C=O) groups excluding carboxylic acids is 1. The first-order valence-corrected chi connectivity index (χ1v) is 5.47. The van der Waals surface area contributed by atoms with Crippen LogP contribution in [0.2, 0.25) is 0 Å². The third kappa shape index (κ3) is 2.50. The summed E-state index contributed by atoms with van der Waals surface area (Å²) in [5.74, 6) is 0. The van der Waals surface area contributed by atoms with Crippen molar-refractivity contribution in [3.63, 3.8) is 0 Å². The molecule has 0 aromatic heterocycles. The minimum absolute atomic E-state index is 0.270. The Morgan fingerprint density at radius 1 is 0.938 bits per heavy atom. The number of hydrogen-bond acceptors (Lipinski definition) is 1. The van der Waals surface area contributed by atoms with Crippen LogP contribution < -0.4 is 0 Å². The minimum Gasteiger partial charge on any atom is -0.281 e. The van der Waals surface area contributed by atoms with Gasteiger partial charge in [-0.2, -0.15) is 0 Å². The van der Waals surface area contributed by atoms with E-state index in [2.05, 4.69) is 0 Å². The summed E-state index contributed by atoms with van der Waals surface area (Å²) in [6.45, 7) is 0. The summed E-state index contributed by atoms with van der Waals surface area (Å²) in [6, 6.07) is 17.8. The van der Waals surface area contributed by atoms with Gasteiger partial charge in [0.25, 0.3) is 0 Å². The molecule has 0 saturated heterocycles. The van der Waals surface area contributed by atoms with Gasteiger partial charge in [-0.3, -0.25) is 4.79 Å². The molecule has 2 aromatic carbocycles. The van der Waals surface area contributed by atoms with Crippen molar-refractivity contribution in [1.82, 2.24) is 0 Å². The molecule has 0 aliphatic heterocycles. The number of carbonyl (C=O) groups is 1. The molecule has 0 saturated carbocycles. The van der Waals surface area contributed by atoms with Gasteiger partial charge >= 0.3 is 0 Å². The van der Waals surface area contributed by atoms with E-state index >= 15 is 0 Å². The lowest BCUT2D eigenvalue weighted by Gasteiger charge is -2.07. The van der Waals surface area contributed by atoms with Crippen LogP contribution >= 0.6 is 11.6 Å². The van der Waals surface area contributed by atoms with Crippen molar-refractivity contribution < 1.29 is 4.79 Å². The smallest absolute Gasteiger partial charge is 0.226 e. The van der Waals surface area contributed by atoms with E-state index in [0.29, 0.717) is 0 Å². The van der Waals surface area contributed by atoms with E-state index in [4.69, 9.17) is 11.6 Å². The van der Waals surface area contributed by atoms with Crippen molar-refractivity contribution in [2.45, 2.75) is 6.42 Å². The Kier molecular flexibility index (Phi) is 3.37. The molecule has 0 unspecified atom stereocenters. The highest BCUT2D eigenvalue weighted by molar-refractivity contribution is 6.63. The zero-order chi connectivity index (χ0) is 11.4. The average molecular weight is 231 g/mol. The molecule has 1 nitrogen and oxygen atoms in total. The van der Waals surface area contributed by atoms with Gasteiger partial charge in [0, 0.05) is 6.42 Å². The third-order valence-electron chi connectivity index (χ3n) is 2.43. The van der Waals surface area contributed by atoms with Crippen LogP contribution in [0.5, 0.6) is 0 Å². The number of rotatable bonds is 3. The number of halogens is 1. The van der Waals surface area contributed by atoms with E-state index in [1.54, 1.807) is 0 Å². The highest BCUT2D eigenvalue weighted by Crippen LogP contribution is 2.23. The Morgan fingerprint density at radius 2 is 1.56 bits per heavy atom. The van der Waals surface area contributed by atoms with Gasteiger partial charge in [-0.15, -0.1) is 0 Å². The molecule has 80 valence electrons. The van der Waals surface area contributed by atoms with Gasteiger partial charge in [-0.1, -0.05) is 54.6 Å². The SMILES string of the molecule is O=C(Cl)Cc1ccccc1-c1ccccc1. The lowest BCUT2D eigenvalue weighted by atomic mass is 9.98. The summed E-state index contributed by atoms with van der Waals surface area (Å²) in [5, 5.41) is -0.330. The van der Waals surface area contributed by atoms with Gasteiger partial charge in [0.2, 0.25) is 5.24 Å². The molecule has 2 heteroatoms. The maximum absolute atomic E-state index is 11.0. The summed E-state index contributed by atoms with van der Waals surface area (Å²) in [6.07, 6.45) is 0.270. The van der Waals surface area contributed by atoms with Crippen molar-refractivity contribution in [3.05, 3.63) is 60.2 Å². The molecule has 0 fully saturated rings. The van der Waals surface area contributed by atoms with Crippen molar-refractivity contribution in [2.75, 3.05) is 0 Å². The predicted molar refractivity (Wildman–Crippen MR) is 66.4 cm³/mol. The standard InChI is InChI=1S/C14H11ClO/c15-14(16)10-12-8-4-5-9-13(12)11-6-2-1-3-7-11/h1-9H,10H2. The second kappa shape index (κ2) is 4.95. The molecule has 0 aliphatic rings. The molecular formula is C14H11ClO. The Labute approximate surface area is 99.7 Å². The van der Waals surface area contributed by atoms with E-state index in [0.717, 1.165) is 16.7 Å². The quantitative estimate of drug-likeness (QED) is 0.736. The van der Waals surface area contributed by atoms with Gasteiger partial charge < -0.3 is 0 Å². The van der Waals surface area contributed by atoms with Gasteiger partial charge in [0.15, 0.2) is 0 Å². The molecular weight excluding hydrogens is 220 g/mol. The monoisotopic (exact) mass is 230 g/mol. The Bertz CT molecular complexity index is 491. The molecule has 0 aliphatic carbocycles. The van der Waals surface area contributed by atoms with Crippen LogP contribution in [0.1, 0.15) is 5.56 Å². The van der Waals surface area contributed by atoms with Crippen molar-refractivity contribution in [3.8, 4) is 11.1 Å². The zero-order valence-electron chi connectivity index (χ0n) is 8.69. The first kappa shape index (κ1) is 10.9. The van der Waals surface area contributed by atoms with Gasteiger partial charge in [0.05, 0.1) is 0 Å². The largest absolute Gasteiger partial charge is 0.281 e. The second-order valence-corrected chi connectivity index (χ2v) is 3.98. The minimum atomic E-state index is -0.330. The summed E-state index contributed by atoms with van der Waals surface area (Å²) in [4.78, 5) is 11.0. The third-order valence-corrected chi connectivity index (χ3v) is 2.57. The summed E-state index contributed by atoms with van der Waals surface area (Å²) >= 11 is 5.43. The first-order chi connectivity index (χ1) is 7.77. The topological polar surface area (TPSA) is 17.1 Å². The fourth-order valence-electron chi connectivity index (χ4n) is 1.72. The molecule has 0 amide bonds. The highest BCUT2D eigenvalue weighted by atomic mass is 35.5. The van der Waals surface area contributed by atoms with E-state index in [1.807, 2.05) is 54.6 Å². The maximum atomic E-state index is 11.0. The van der Waals surface area contributed by atoms with Crippen LogP contribution in [0.15, 0.2) is 54.6 Å². The second-order valence-electron chi connectivity index (χ2n) is 3.56. The van der Waals surface area contributed by atoms with Gasteiger partial charge in [-0.05, 0) is 28.3 Å². The first-order valence-electron chi connectivity index (χ1n) is 5.09. The van der Waals surface area contributed by atoms with E-state index in [1.165, 1.54) is 0 Å². The predicted octanol–water partition coefficient (Wildman–Crippen LogP) is 3.66. The van der Waals surface area contributed by atoms with Crippen LogP contribution in [-0.2, 0) is 11.2 Å². The Morgan fingerprint density at radius 3 is 2.25 bits per heavy atom. The molecule has 0 radical (unpaired) electrons. The van der Waals surface area contributed by atoms with Crippen LogP contribution in [0.25, 0.3) is 11.1 Å². The summed E-state index contributed by atoms with van der Waals surface area (Å²) in [7, 11) is 0. The summed E-state index contributed by atoms with van der Waals surface area (Å²) in [5.41, 5.74) is 3.14. The number of hydrogen-bond donors (Lipinski definition) is 0. The summed E-state index contributed by atoms with van der Waals surface area (Å²) < 4.78 is 0. The highest BCUT2D eigenvalue weighted by Gasteiger charge is 2.06. The molecule has 0 N–H and O–H groups in total. The van der Waals surface area contributed by atoms with Crippen molar-refractivity contribution >= 4 is 16.8 Å². The molecule has 2 rings (SSSR count). The lowest BCUT2D eigenvalue weighted by Crippen LogP contribution is -1.96. The van der Waals surface area contributed by atoms with E-state index in [-0.39, 0.29) is 11.7 Å². The number of benzene rings is 2.